The average molecular weight is 269 g/mol. The molecule has 1 amide bonds. The molecular formula is C13H23N3OS. The van der Waals surface area contributed by atoms with Crippen LogP contribution in [-0.4, -0.2) is 59.9 Å². The lowest BCUT2D eigenvalue weighted by Crippen LogP contribution is -2.40. The molecule has 5 heteroatoms. The maximum absolute atomic E-state index is 11.8. The highest BCUT2D eigenvalue weighted by molar-refractivity contribution is 8.00. The minimum atomic E-state index is 0.150. The van der Waals surface area contributed by atoms with Crippen LogP contribution in [0.4, 0.5) is 0 Å². The maximum atomic E-state index is 11.8. The van der Waals surface area contributed by atoms with Gasteiger partial charge in [-0.15, -0.1) is 0 Å². The average Bonchev–Trinajstić information content (AvgIpc) is 2.42. The predicted molar refractivity (Wildman–Crippen MR) is 75.5 cm³/mol. The van der Waals surface area contributed by atoms with Gasteiger partial charge in [0.15, 0.2) is 0 Å². The number of nitriles is 1. The molecule has 0 spiro atoms. The van der Waals surface area contributed by atoms with E-state index < -0.39 is 0 Å². The molecule has 0 radical (unpaired) electrons. The molecule has 0 aromatic heterocycles. The fraction of sp³-hybridized carbons (Fsp3) is 0.846. The lowest BCUT2D eigenvalue weighted by Gasteiger charge is -2.32. The van der Waals surface area contributed by atoms with Crippen molar-refractivity contribution in [1.29, 1.82) is 5.26 Å². The molecule has 1 atom stereocenters. The van der Waals surface area contributed by atoms with E-state index in [4.69, 9.17) is 5.26 Å². The largest absolute Gasteiger partial charge is 0.345 e. The minimum absolute atomic E-state index is 0.150. The number of thioether (sulfide) groups is 1. The van der Waals surface area contributed by atoms with Gasteiger partial charge in [0.05, 0.1) is 12.5 Å². The van der Waals surface area contributed by atoms with Crippen molar-refractivity contribution in [3.05, 3.63) is 0 Å². The Morgan fingerprint density at radius 3 is 3.06 bits per heavy atom. The van der Waals surface area contributed by atoms with Crippen LogP contribution in [0.1, 0.15) is 26.2 Å². The first-order chi connectivity index (χ1) is 8.67. The van der Waals surface area contributed by atoms with Crippen molar-refractivity contribution in [3.63, 3.8) is 0 Å². The van der Waals surface area contributed by atoms with Crippen LogP contribution >= 0.6 is 11.8 Å². The van der Waals surface area contributed by atoms with E-state index in [0.717, 1.165) is 24.9 Å². The van der Waals surface area contributed by atoms with Crippen molar-refractivity contribution in [2.24, 2.45) is 0 Å². The first-order valence-electron chi connectivity index (χ1n) is 6.62. The number of rotatable bonds is 6. The van der Waals surface area contributed by atoms with Crippen molar-refractivity contribution in [3.8, 4) is 6.07 Å². The van der Waals surface area contributed by atoms with E-state index in [9.17, 15) is 4.79 Å². The van der Waals surface area contributed by atoms with Crippen molar-refractivity contribution in [2.75, 3.05) is 39.0 Å². The van der Waals surface area contributed by atoms with E-state index in [-0.39, 0.29) is 5.91 Å². The van der Waals surface area contributed by atoms with E-state index in [1.807, 2.05) is 11.8 Å². The van der Waals surface area contributed by atoms with Gasteiger partial charge in [-0.2, -0.15) is 17.0 Å². The Kier molecular flexibility index (Phi) is 7.14. The standard InChI is InChI=1S/C13H23N3OS/c1-3-12-11-16(9-10-18-12)8-5-13(17)15(2)7-4-6-14/h12H,3-5,7-11H2,1-2H3. The number of amides is 1. The zero-order valence-corrected chi connectivity index (χ0v) is 12.2. The summed E-state index contributed by atoms with van der Waals surface area (Å²) in [6.45, 7) is 5.82. The van der Waals surface area contributed by atoms with Crippen LogP contribution in [0.25, 0.3) is 0 Å². The summed E-state index contributed by atoms with van der Waals surface area (Å²) in [7, 11) is 1.78. The van der Waals surface area contributed by atoms with Crippen LogP contribution in [0.3, 0.4) is 0 Å². The summed E-state index contributed by atoms with van der Waals surface area (Å²) in [6, 6.07) is 2.07. The topological polar surface area (TPSA) is 47.3 Å². The fourth-order valence-electron chi connectivity index (χ4n) is 2.02. The van der Waals surface area contributed by atoms with E-state index in [2.05, 4.69) is 17.9 Å². The van der Waals surface area contributed by atoms with Gasteiger partial charge < -0.3 is 9.80 Å². The van der Waals surface area contributed by atoms with Crippen LogP contribution in [0.2, 0.25) is 0 Å². The van der Waals surface area contributed by atoms with Gasteiger partial charge in [-0.1, -0.05) is 6.92 Å². The summed E-state index contributed by atoms with van der Waals surface area (Å²) in [5, 5.41) is 9.22. The summed E-state index contributed by atoms with van der Waals surface area (Å²) in [5.74, 6) is 1.33. The zero-order chi connectivity index (χ0) is 13.4. The SMILES string of the molecule is CCC1CN(CCC(=O)N(C)CCC#N)CCS1. The lowest BCUT2D eigenvalue weighted by atomic mass is 10.2. The molecular weight excluding hydrogens is 246 g/mol. The van der Waals surface area contributed by atoms with Crippen LogP contribution in [-0.2, 0) is 4.79 Å². The predicted octanol–water partition coefficient (Wildman–Crippen LogP) is 1.58. The minimum Gasteiger partial charge on any atom is -0.345 e. The second kappa shape index (κ2) is 8.39. The smallest absolute Gasteiger partial charge is 0.223 e. The van der Waals surface area contributed by atoms with Crippen molar-refractivity contribution in [1.82, 2.24) is 9.80 Å². The van der Waals surface area contributed by atoms with Crippen LogP contribution in [0.5, 0.6) is 0 Å². The van der Waals surface area contributed by atoms with Crippen LogP contribution < -0.4 is 0 Å². The van der Waals surface area contributed by atoms with Gasteiger partial charge in [0, 0.05) is 50.7 Å². The van der Waals surface area contributed by atoms with Crippen LogP contribution in [0, 0.1) is 11.3 Å². The summed E-state index contributed by atoms with van der Waals surface area (Å²) in [6.07, 6.45) is 2.20. The quantitative estimate of drug-likeness (QED) is 0.734. The molecule has 1 rings (SSSR count). The highest BCUT2D eigenvalue weighted by atomic mass is 32.2. The monoisotopic (exact) mass is 269 g/mol. The molecule has 1 saturated heterocycles. The molecule has 0 N–H and O–H groups in total. The molecule has 102 valence electrons. The molecule has 0 aromatic rings. The molecule has 1 unspecified atom stereocenters. The number of hydrogen-bond acceptors (Lipinski definition) is 4. The van der Waals surface area contributed by atoms with E-state index in [0.29, 0.717) is 19.4 Å². The highest BCUT2D eigenvalue weighted by Gasteiger charge is 2.19. The number of hydrogen-bond donors (Lipinski definition) is 0. The number of carbonyl (C=O) groups excluding carboxylic acids is 1. The molecule has 18 heavy (non-hydrogen) atoms. The summed E-state index contributed by atoms with van der Waals surface area (Å²) in [4.78, 5) is 15.9. The summed E-state index contributed by atoms with van der Waals surface area (Å²) in [5.41, 5.74) is 0. The van der Waals surface area contributed by atoms with Gasteiger partial charge in [-0.05, 0) is 6.42 Å². The second-order valence-corrected chi connectivity index (χ2v) is 6.08. The zero-order valence-electron chi connectivity index (χ0n) is 11.4. The molecule has 4 nitrogen and oxygen atoms in total. The first-order valence-corrected chi connectivity index (χ1v) is 7.67. The summed E-state index contributed by atoms with van der Waals surface area (Å²) < 4.78 is 0. The molecule has 0 aliphatic carbocycles. The lowest BCUT2D eigenvalue weighted by molar-refractivity contribution is -0.130. The third-order valence-electron chi connectivity index (χ3n) is 3.30. The maximum Gasteiger partial charge on any atom is 0.223 e. The van der Waals surface area contributed by atoms with E-state index in [1.165, 1.54) is 12.2 Å². The highest BCUT2D eigenvalue weighted by Crippen LogP contribution is 2.21. The number of nitrogens with zero attached hydrogens (tertiary/aromatic N) is 3. The Balaban J connectivity index is 2.23. The van der Waals surface area contributed by atoms with Crippen molar-refractivity contribution >= 4 is 17.7 Å². The third-order valence-corrected chi connectivity index (χ3v) is 4.68. The first kappa shape index (κ1) is 15.3. The molecule has 0 saturated carbocycles. The van der Waals surface area contributed by atoms with Crippen LogP contribution in [0.15, 0.2) is 0 Å². The van der Waals surface area contributed by atoms with Gasteiger partial charge in [0.2, 0.25) is 5.91 Å². The third kappa shape index (κ3) is 5.28. The Labute approximate surface area is 114 Å². The molecule has 0 bridgehead atoms. The van der Waals surface area contributed by atoms with Gasteiger partial charge >= 0.3 is 0 Å². The molecule has 0 aromatic carbocycles. The number of carbonyl (C=O) groups is 1. The normalized spacial score (nSPS) is 20.4. The fourth-order valence-corrected chi connectivity index (χ4v) is 3.27. The Morgan fingerprint density at radius 2 is 2.39 bits per heavy atom. The molecule has 1 aliphatic heterocycles. The summed E-state index contributed by atoms with van der Waals surface area (Å²) >= 11 is 2.05. The molecule has 1 heterocycles. The van der Waals surface area contributed by atoms with E-state index in [1.54, 1.807) is 11.9 Å². The Bertz CT molecular complexity index is 303. The van der Waals surface area contributed by atoms with Crippen molar-refractivity contribution < 1.29 is 4.79 Å². The van der Waals surface area contributed by atoms with Gasteiger partial charge in [-0.3, -0.25) is 4.79 Å². The van der Waals surface area contributed by atoms with Crippen molar-refractivity contribution in [2.45, 2.75) is 31.4 Å². The van der Waals surface area contributed by atoms with Gasteiger partial charge in [0.1, 0.15) is 0 Å². The Morgan fingerprint density at radius 1 is 1.61 bits per heavy atom. The molecule has 1 fully saturated rings. The molecule has 1 aliphatic rings. The van der Waals surface area contributed by atoms with Gasteiger partial charge in [0.25, 0.3) is 0 Å². The second-order valence-electron chi connectivity index (χ2n) is 4.68. The van der Waals surface area contributed by atoms with Gasteiger partial charge in [-0.25, -0.2) is 0 Å². The van der Waals surface area contributed by atoms with E-state index >= 15 is 0 Å². The Hall–Kier alpha value is -0.730.